The molecule has 22 heavy (non-hydrogen) atoms. The molecule has 4 heteroatoms. The first-order chi connectivity index (χ1) is 10.7. The first-order valence-electron chi connectivity index (χ1n) is 7.63. The molecule has 0 bridgehead atoms. The number of hydrogen-bond donors (Lipinski definition) is 1. The molecule has 0 spiro atoms. The molecule has 1 fully saturated rings. The van der Waals surface area contributed by atoms with Crippen molar-refractivity contribution >= 4 is 16.9 Å². The molecule has 1 N–H and O–H groups in total. The number of nitrogens with one attached hydrogen (secondary N) is 1. The summed E-state index contributed by atoms with van der Waals surface area (Å²) in [4.78, 5) is 9.22. The van der Waals surface area contributed by atoms with Crippen LogP contribution in [0.15, 0.2) is 47.7 Å². The Morgan fingerprint density at radius 3 is 2.91 bits per heavy atom. The van der Waals surface area contributed by atoms with E-state index in [2.05, 4.69) is 48.4 Å². The number of thioether (sulfide) groups is 1. The Morgan fingerprint density at radius 1 is 1.27 bits per heavy atom. The van der Waals surface area contributed by atoms with Crippen molar-refractivity contribution in [3.05, 3.63) is 65.0 Å². The maximum atomic E-state index is 4.98. The van der Waals surface area contributed by atoms with Gasteiger partial charge in [0.15, 0.2) is 5.17 Å². The highest BCUT2D eigenvalue weighted by molar-refractivity contribution is 8.14. The standard InChI is InChI=1S/C18H21N3S/c1-13-5-3-7-16(14(13)2)17(21-18-20-9-10-22-18)11-15-6-4-8-19-12-15/h3-8,12,17H,9-11H2,1-2H3,(H,20,21). The van der Waals surface area contributed by atoms with E-state index < -0.39 is 0 Å². The van der Waals surface area contributed by atoms with Gasteiger partial charge in [-0.25, -0.2) is 0 Å². The van der Waals surface area contributed by atoms with Crippen LogP contribution in [0.5, 0.6) is 0 Å². The van der Waals surface area contributed by atoms with Crippen molar-refractivity contribution in [2.75, 3.05) is 12.3 Å². The van der Waals surface area contributed by atoms with E-state index in [4.69, 9.17) is 4.99 Å². The van der Waals surface area contributed by atoms with Crippen molar-refractivity contribution in [2.45, 2.75) is 26.3 Å². The highest BCUT2D eigenvalue weighted by atomic mass is 32.2. The van der Waals surface area contributed by atoms with Crippen LogP contribution in [0, 0.1) is 13.8 Å². The van der Waals surface area contributed by atoms with Crippen LogP contribution in [-0.2, 0) is 6.42 Å². The zero-order valence-electron chi connectivity index (χ0n) is 13.0. The van der Waals surface area contributed by atoms with E-state index >= 15 is 0 Å². The molecular weight excluding hydrogens is 290 g/mol. The summed E-state index contributed by atoms with van der Waals surface area (Å²) in [6, 6.07) is 10.7. The largest absolute Gasteiger partial charge is 0.364 e. The number of hydrogen-bond acceptors (Lipinski definition) is 3. The molecule has 1 saturated heterocycles. The van der Waals surface area contributed by atoms with Crippen LogP contribution in [0.2, 0.25) is 0 Å². The molecule has 1 atom stereocenters. The second-order valence-electron chi connectivity index (χ2n) is 5.58. The van der Waals surface area contributed by atoms with E-state index in [0.29, 0.717) is 0 Å². The summed E-state index contributed by atoms with van der Waals surface area (Å²) in [5, 5.41) is 4.44. The number of pyridine rings is 1. The number of aromatic nitrogens is 1. The van der Waals surface area contributed by atoms with Crippen molar-refractivity contribution < 1.29 is 0 Å². The van der Waals surface area contributed by atoms with Gasteiger partial charge in [-0.05, 0) is 42.2 Å². The molecule has 2 heterocycles. The van der Waals surface area contributed by atoms with Crippen LogP contribution in [0.25, 0.3) is 0 Å². The quantitative estimate of drug-likeness (QED) is 0.936. The lowest BCUT2D eigenvalue weighted by Crippen LogP contribution is -2.15. The molecule has 1 aliphatic rings. The fraction of sp³-hybridized carbons (Fsp3) is 0.333. The molecule has 1 aliphatic heterocycles. The summed E-state index contributed by atoms with van der Waals surface area (Å²) in [7, 11) is 0. The average Bonchev–Trinajstić information content (AvgIpc) is 3.03. The number of aliphatic imine (C=N–C) groups is 1. The number of benzene rings is 1. The van der Waals surface area contributed by atoms with E-state index in [-0.39, 0.29) is 6.04 Å². The van der Waals surface area contributed by atoms with E-state index in [9.17, 15) is 0 Å². The van der Waals surface area contributed by atoms with Gasteiger partial charge >= 0.3 is 0 Å². The summed E-state index contributed by atoms with van der Waals surface area (Å²) in [5.74, 6) is 1.10. The molecule has 0 aliphatic carbocycles. The van der Waals surface area contributed by atoms with Crippen LogP contribution in [0.4, 0.5) is 0 Å². The molecule has 0 amide bonds. The van der Waals surface area contributed by atoms with Gasteiger partial charge in [0.1, 0.15) is 0 Å². The third-order valence-corrected chi connectivity index (χ3v) is 4.98. The minimum atomic E-state index is 0.136. The highest BCUT2D eigenvalue weighted by Gasteiger charge is 2.17. The molecule has 3 rings (SSSR count). The molecule has 0 radical (unpaired) electrons. The van der Waals surface area contributed by atoms with Crippen molar-refractivity contribution in [3.8, 4) is 0 Å². The van der Waals surface area contributed by atoms with Gasteiger partial charge in [0, 0.05) is 31.1 Å². The van der Waals surface area contributed by atoms with Gasteiger partial charge in [-0.2, -0.15) is 0 Å². The maximum absolute atomic E-state index is 4.98. The van der Waals surface area contributed by atoms with Crippen LogP contribution >= 0.6 is 11.8 Å². The SMILES string of the molecule is Cc1cccc(C(Cc2cccnc2)/N=C2/NCCS2)c1C. The van der Waals surface area contributed by atoms with Gasteiger partial charge in [0.25, 0.3) is 0 Å². The Morgan fingerprint density at radius 2 is 2.18 bits per heavy atom. The molecule has 1 aromatic carbocycles. The van der Waals surface area contributed by atoms with E-state index in [1.165, 1.54) is 22.3 Å². The fourth-order valence-electron chi connectivity index (χ4n) is 2.68. The normalized spacial score (nSPS) is 17.5. The number of aryl methyl sites for hydroxylation is 1. The molecule has 2 aromatic rings. The summed E-state index contributed by atoms with van der Waals surface area (Å²) in [6.07, 6.45) is 4.63. The van der Waals surface area contributed by atoms with Crippen LogP contribution in [0.3, 0.4) is 0 Å². The van der Waals surface area contributed by atoms with Crippen molar-refractivity contribution in [1.82, 2.24) is 10.3 Å². The van der Waals surface area contributed by atoms with Gasteiger partial charge in [-0.15, -0.1) is 0 Å². The zero-order chi connectivity index (χ0) is 15.4. The molecular formula is C18H21N3S. The molecule has 1 aromatic heterocycles. The highest BCUT2D eigenvalue weighted by Crippen LogP contribution is 2.28. The van der Waals surface area contributed by atoms with E-state index in [1.54, 1.807) is 0 Å². The van der Waals surface area contributed by atoms with Crippen LogP contribution in [-0.4, -0.2) is 22.4 Å². The van der Waals surface area contributed by atoms with Crippen molar-refractivity contribution in [1.29, 1.82) is 0 Å². The Kier molecular flexibility index (Phi) is 4.78. The van der Waals surface area contributed by atoms with E-state index in [0.717, 1.165) is 23.9 Å². The summed E-state index contributed by atoms with van der Waals surface area (Å²) >= 11 is 1.81. The van der Waals surface area contributed by atoms with Crippen molar-refractivity contribution in [3.63, 3.8) is 0 Å². The van der Waals surface area contributed by atoms with Gasteiger partial charge in [0.05, 0.1) is 6.04 Å². The van der Waals surface area contributed by atoms with E-state index in [1.807, 2.05) is 30.2 Å². The number of nitrogens with zero attached hydrogens (tertiary/aromatic N) is 2. The lowest BCUT2D eigenvalue weighted by Gasteiger charge is -2.18. The third kappa shape index (κ3) is 3.50. The Balaban J connectivity index is 1.95. The predicted molar refractivity (Wildman–Crippen MR) is 94.5 cm³/mol. The maximum Gasteiger partial charge on any atom is 0.157 e. The Bertz CT molecular complexity index is 659. The van der Waals surface area contributed by atoms with Gasteiger partial charge < -0.3 is 5.32 Å². The monoisotopic (exact) mass is 311 g/mol. The lowest BCUT2D eigenvalue weighted by atomic mass is 9.94. The molecule has 1 unspecified atom stereocenters. The summed E-state index contributed by atoms with van der Waals surface area (Å²) in [5.41, 5.74) is 5.19. The average molecular weight is 311 g/mol. The molecule has 0 saturated carbocycles. The van der Waals surface area contributed by atoms with Gasteiger partial charge in [0.2, 0.25) is 0 Å². The minimum absolute atomic E-state index is 0.136. The second-order valence-corrected chi connectivity index (χ2v) is 6.66. The second kappa shape index (κ2) is 6.97. The smallest absolute Gasteiger partial charge is 0.157 e. The molecule has 114 valence electrons. The lowest BCUT2D eigenvalue weighted by molar-refractivity contribution is 0.713. The van der Waals surface area contributed by atoms with Crippen LogP contribution < -0.4 is 5.32 Å². The summed E-state index contributed by atoms with van der Waals surface area (Å²) < 4.78 is 0. The van der Waals surface area contributed by atoms with Gasteiger partial charge in [-0.3, -0.25) is 9.98 Å². The summed E-state index contributed by atoms with van der Waals surface area (Å²) in [6.45, 7) is 5.36. The predicted octanol–water partition coefficient (Wildman–Crippen LogP) is 3.67. The zero-order valence-corrected chi connectivity index (χ0v) is 13.9. The topological polar surface area (TPSA) is 37.3 Å². The number of amidine groups is 1. The van der Waals surface area contributed by atoms with Crippen molar-refractivity contribution in [2.24, 2.45) is 4.99 Å². The Labute approximate surface area is 136 Å². The first-order valence-corrected chi connectivity index (χ1v) is 8.62. The third-order valence-electron chi connectivity index (χ3n) is 4.05. The van der Waals surface area contributed by atoms with Gasteiger partial charge in [-0.1, -0.05) is 36.0 Å². The minimum Gasteiger partial charge on any atom is -0.364 e. The fourth-order valence-corrected chi connectivity index (χ4v) is 3.49. The molecule has 3 nitrogen and oxygen atoms in total. The van der Waals surface area contributed by atoms with Crippen LogP contribution in [0.1, 0.15) is 28.3 Å². The Hall–Kier alpha value is -1.81. The number of rotatable bonds is 4. The first kappa shape index (κ1) is 15.1.